The molecule has 47 valence electrons. The summed E-state index contributed by atoms with van der Waals surface area (Å²) in [5.74, 6) is -2.51. The average molecular weight is 161 g/mol. The fourth-order valence-electron chi connectivity index (χ4n) is 0.143. The van der Waals surface area contributed by atoms with Crippen LogP contribution in [0.1, 0.15) is 0 Å². The number of aliphatic carboxylic acids is 2. The van der Waals surface area contributed by atoms with E-state index in [4.69, 9.17) is 10.2 Å². The van der Waals surface area contributed by atoms with Gasteiger partial charge in [0.2, 0.25) is 0 Å². The molecule has 5 heteroatoms. The van der Waals surface area contributed by atoms with E-state index in [0.29, 0.717) is 12.2 Å². The third-order valence-electron chi connectivity index (χ3n) is 0.368. The van der Waals surface area contributed by atoms with Crippen molar-refractivity contribution in [2.45, 2.75) is 0 Å². The van der Waals surface area contributed by atoms with Crippen LogP contribution >= 0.6 is 0 Å². The molecule has 0 atom stereocenters. The summed E-state index contributed by atoms with van der Waals surface area (Å²) in [5, 5.41) is 15.6. The SMILES string of the molecule is O=C(O)/C=C/C(=O)O.[Sc]. The van der Waals surface area contributed by atoms with E-state index in [2.05, 4.69) is 0 Å². The molecule has 0 fully saturated rings. The number of hydrogen-bond acceptors (Lipinski definition) is 2. The molecule has 0 aromatic carbocycles. The second-order valence-electron chi connectivity index (χ2n) is 1.01. The second-order valence-corrected chi connectivity index (χ2v) is 1.01. The summed E-state index contributed by atoms with van der Waals surface area (Å²) in [6.07, 6.45) is 1.12. The molecule has 0 aliphatic rings. The number of rotatable bonds is 2. The van der Waals surface area contributed by atoms with Crippen LogP contribution in [-0.2, 0) is 35.4 Å². The first-order valence-corrected chi connectivity index (χ1v) is 1.77. The van der Waals surface area contributed by atoms with E-state index in [9.17, 15) is 9.59 Å². The number of carboxylic acid groups (broad SMARTS) is 2. The van der Waals surface area contributed by atoms with E-state index in [0.717, 1.165) is 0 Å². The summed E-state index contributed by atoms with van der Waals surface area (Å²) in [7, 11) is 0. The van der Waals surface area contributed by atoms with Gasteiger partial charge in [-0.15, -0.1) is 0 Å². The molecule has 0 spiro atoms. The van der Waals surface area contributed by atoms with Gasteiger partial charge in [-0.05, 0) is 0 Å². The van der Waals surface area contributed by atoms with Gasteiger partial charge < -0.3 is 10.2 Å². The summed E-state index contributed by atoms with van der Waals surface area (Å²) in [6.45, 7) is 0. The zero-order valence-electron chi connectivity index (χ0n) is 4.44. The van der Waals surface area contributed by atoms with Crippen molar-refractivity contribution in [3.63, 3.8) is 0 Å². The fraction of sp³-hybridized carbons (Fsp3) is 0. The Hall–Kier alpha value is -0.450. The number of hydrogen-bond donors (Lipinski definition) is 2. The smallest absolute Gasteiger partial charge is 0.328 e. The first-order chi connectivity index (χ1) is 3.63. The predicted molar refractivity (Wildman–Crippen MR) is 24.4 cm³/mol. The molecular formula is C4H4O4Sc. The number of carbonyl (C=O) groups is 2. The Bertz CT molecular complexity index is 124. The summed E-state index contributed by atoms with van der Waals surface area (Å²) < 4.78 is 0. The molecule has 2 N–H and O–H groups in total. The molecule has 0 aromatic rings. The first kappa shape index (κ1) is 11.4. The second kappa shape index (κ2) is 5.68. The minimum atomic E-state index is -1.26. The maximum absolute atomic E-state index is 9.55. The molecule has 0 unspecified atom stereocenters. The van der Waals surface area contributed by atoms with Crippen molar-refractivity contribution in [1.29, 1.82) is 0 Å². The van der Waals surface area contributed by atoms with Gasteiger partial charge in [0.25, 0.3) is 0 Å². The van der Waals surface area contributed by atoms with E-state index in [1.807, 2.05) is 0 Å². The summed E-state index contributed by atoms with van der Waals surface area (Å²) in [6, 6.07) is 0. The summed E-state index contributed by atoms with van der Waals surface area (Å²) in [4.78, 5) is 19.1. The molecule has 0 bridgehead atoms. The van der Waals surface area contributed by atoms with E-state index in [1.165, 1.54) is 0 Å². The number of carboxylic acids is 2. The van der Waals surface area contributed by atoms with Crippen LogP contribution < -0.4 is 0 Å². The van der Waals surface area contributed by atoms with Gasteiger partial charge >= 0.3 is 11.9 Å². The Labute approximate surface area is 70.0 Å². The maximum Gasteiger partial charge on any atom is 0.328 e. The monoisotopic (exact) mass is 161 g/mol. The summed E-state index contributed by atoms with van der Waals surface area (Å²) in [5.41, 5.74) is 0. The summed E-state index contributed by atoms with van der Waals surface area (Å²) >= 11 is 0. The van der Waals surface area contributed by atoms with Crippen LogP contribution in [0.4, 0.5) is 0 Å². The van der Waals surface area contributed by atoms with Crippen LogP contribution in [-0.4, -0.2) is 22.2 Å². The molecule has 0 saturated carbocycles. The molecule has 0 aromatic heterocycles. The van der Waals surface area contributed by atoms with Crippen LogP contribution in [0, 0.1) is 0 Å². The zero-order chi connectivity index (χ0) is 6.57. The fourth-order valence-corrected chi connectivity index (χ4v) is 0.143. The van der Waals surface area contributed by atoms with E-state index in [1.54, 1.807) is 0 Å². The average Bonchev–Trinajstić information content (AvgIpc) is 1.61. The Kier molecular flexibility index (Phi) is 7.17. The maximum atomic E-state index is 9.55. The van der Waals surface area contributed by atoms with Crippen molar-refractivity contribution < 1.29 is 45.6 Å². The zero-order valence-corrected chi connectivity index (χ0v) is 6.25. The normalized spacial score (nSPS) is 8.44. The predicted octanol–water partition coefficient (Wildman–Crippen LogP) is -0.291. The van der Waals surface area contributed by atoms with Crippen molar-refractivity contribution in [2.75, 3.05) is 0 Å². The molecule has 0 amide bonds. The third kappa shape index (κ3) is 11.2. The van der Waals surface area contributed by atoms with Gasteiger partial charge in [-0.25, -0.2) is 9.59 Å². The molecule has 1 radical (unpaired) electrons. The third-order valence-corrected chi connectivity index (χ3v) is 0.368. The Morgan fingerprint density at radius 3 is 1.33 bits per heavy atom. The van der Waals surface area contributed by atoms with Gasteiger partial charge in [-0.1, -0.05) is 0 Å². The Balaban J connectivity index is 0. The van der Waals surface area contributed by atoms with Gasteiger partial charge in [0.05, 0.1) is 0 Å². The van der Waals surface area contributed by atoms with Crippen molar-refractivity contribution in [3.8, 4) is 0 Å². The van der Waals surface area contributed by atoms with Crippen LogP contribution in [0.2, 0.25) is 0 Å². The Morgan fingerprint density at radius 1 is 1.00 bits per heavy atom. The van der Waals surface area contributed by atoms with E-state index in [-0.39, 0.29) is 25.8 Å². The minimum Gasteiger partial charge on any atom is -0.478 e. The van der Waals surface area contributed by atoms with Crippen LogP contribution in [0.15, 0.2) is 12.2 Å². The van der Waals surface area contributed by atoms with Crippen molar-refractivity contribution in [3.05, 3.63) is 12.2 Å². The van der Waals surface area contributed by atoms with Crippen LogP contribution in [0.25, 0.3) is 0 Å². The Morgan fingerprint density at radius 2 is 1.22 bits per heavy atom. The van der Waals surface area contributed by atoms with E-state index < -0.39 is 11.9 Å². The topological polar surface area (TPSA) is 74.6 Å². The molecule has 4 nitrogen and oxygen atoms in total. The standard InChI is InChI=1S/C4H4O4.Sc/c5-3(6)1-2-4(7)8;/h1-2H,(H,5,6)(H,7,8);/b2-1+;. The largest absolute Gasteiger partial charge is 0.478 e. The van der Waals surface area contributed by atoms with Gasteiger partial charge in [0, 0.05) is 38.0 Å². The molecular weight excluding hydrogens is 157 g/mol. The van der Waals surface area contributed by atoms with Crippen molar-refractivity contribution in [2.24, 2.45) is 0 Å². The van der Waals surface area contributed by atoms with Gasteiger partial charge in [0.15, 0.2) is 0 Å². The molecule has 9 heavy (non-hydrogen) atoms. The van der Waals surface area contributed by atoms with Crippen LogP contribution in [0.3, 0.4) is 0 Å². The van der Waals surface area contributed by atoms with Crippen molar-refractivity contribution in [1.82, 2.24) is 0 Å². The molecule has 0 saturated heterocycles. The van der Waals surface area contributed by atoms with Gasteiger partial charge in [-0.2, -0.15) is 0 Å². The molecule has 0 heterocycles. The molecule has 0 aliphatic heterocycles. The molecule has 0 rings (SSSR count). The van der Waals surface area contributed by atoms with Crippen molar-refractivity contribution >= 4 is 11.9 Å². The quantitative estimate of drug-likeness (QED) is 0.545. The van der Waals surface area contributed by atoms with E-state index >= 15 is 0 Å². The molecule has 0 aliphatic carbocycles. The first-order valence-electron chi connectivity index (χ1n) is 1.77. The van der Waals surface area contributed by atoms with Crippen LogP contribution in [0.5, 0.6) is 0 Å². The minimum absolute atomic E-state index is 0. The van der Waals surface area contributed by atoms with Gasteiger partial charge in [-0.3, -0.25) is 0 Å². The van der Waals surface area contributed by atoms with Gasteiger partial charge in [0.1, 0.15) is 0 Å².